The van der Waals surface area contributed by atoms with Gasteiger partial charge in [-0.25, -0.2) is 4.98 Å². The summed E-state index contributed by atoms with van der Waals surface area (Å²) >= 11 is 5.79. The number of carbonyl (C=O) groups is 1. The number of nitrogens with zero attached hydrogens (tertiary/aromatic N) is 2. The van der Waals surface area contributed by atoms with E-state index in [0.717, 1.165) is 18.8 Å². The van der Waals surface area contributed by atoms with Crippen LogP contribution in [0, 0.1) is 0 Å². The van der Waals surface area contributed by atoms with Crippen LogP contribution in [0.5, 0.6) is 0 Å². The second-order valence-electron chi connectivity index (χ2n) is 3.36. The van der Waals surface area contributed by atoms with E-state index in [9.17, 15) is 4.79 Å². The molecular formula is C10H11ClN2O. The lowest BCUT2D eigenvalue weighted by Gasteiger charge is -2.27. The number of Topliss-reactive ketones (excluding diaryl/α,β-unsaturated/α-hetero) is 1. The molecule has 2 rings (SSSR count). The van der Waals surface area contributed by atoms with Gasteiger partial charge in [-0.15, -0.1) is 0 Å². The molecule has 0 aromatic carbocycles. The summed E-state index contributed by atoms with van der Waals surface area (Å²) in [7, 11) is 0. The summed E-state index contributed by atoms with van der Waals surface area (Å²) in [4.78, 5) is 17.1. The Bertz CT molecular complexity index is 344. The zero-order chi connectivity index (χ0) is 9.97. The van der Waals surface area contributed by atoms with Crippen LogP contribution >= 0.6 is 11.6 Å². The minimum absolute atomic E-state index is 0.349. The highest BCUT2D eigenvalue weighted by Gasteiger charge is 2.16. The summed E-state index contributed by atoms with van der Waals surface area (Å²) < 4.78 is 0. The molecule has 0 bridgehead atoms. The largest absolute Gasteiger partial charge is 0.371 e. The van der Waals surface area contributed by atoms with E-state index in [1.165, 1.54) is 0 Å². The Morgan fingerprint density at radius 2 is 2.07 bits per heavy atom. The molecule has 3 nitrogen and oxygen atoms in total. The van der Waals surface area contributed by atoms with Gasteiger partial charge in [0.1, 0.15) is 10.9 Å². The molecule has 2 heterocycles. The van der Waals surface area contributed by atoms with E-state index in [0.29, 0.717) is 23.8 Å². The van der Waals surface area contributed by atoms with E-state index in [1.807, 2.05) is 12.1 Å². The quantitative estimate of drug-likeness (QED) is 0.664. The number of carbonyl (C=O) groups excluding carboxylic acids is 1. The van der Waals surface area contributed by atoms with E-state index >= 15 is 0 Å². The summed E-state index contributed by atoms with van der Waals surface area (Å²) in [5, 5.41) is 0.499. The highest BCUT2D eigenvalue weighted by molar-refractivity contribution is 6.29. The Labute approximate surface area is 87.7 Å². The fraction of sp³-hybridized carbons (Fsp3) is 0.400. The monoisotopic (exact) mass is 210 g/mol. The number of pyridine rings is 1. The average Bonchev–Trinajstić information content (AvgIpc) is 2.19. The van der Waals surface area contributed by atoms with Gasteiger partial charge in [0.25, 0.3) is 0 Å². The van der Waals surface area contributed by atoms with Crippen LogP contribution in [0.3, 0.4) is 0 Å². The molecule has 0 spiro atoms. The lowest BCUT2D eigenvalue weighted by atomic mass is 10.1. The summed E-state index contributed by atoms with van der Waals surface area (Å²) in [5.74, 6) is 0.349. The molecule has 74 valence electrons. The first-order valence-corrected chi connectivity index (χ1v) is 5.02. The van der Waals surface area contributed by atoms with Crippen LogP contribution in [-0.2, 0) is 4.79 Å². The van der Waals surface area contributed by atoms with Gasteiger partial charge in [-0.1, -0.05) is 11.6 Å². The summed E-state index contributed by atoms with van der Waals surface area (Å²) in [6.45, 7) is 1.58. The van der Waals surface area contributed by atoms with Crippen molar-refractivity contribution in [3.05, 3.63) is 23.5 Å². The predicted molar refractivity (Wildman–Crippen MR) is 55.7 cm³/mol. The highest BCUT2D eigenvalue weighted by atomic mass is 35.5. The van der Waals surface area contributed by atoms with Gasteiger partial charge in [0.05, 0.1) is 0 Å². The maximum atomic E-state index is 11.0. The van der Waals surface area contributed by atoms with E-state index in [-0.39, 0.29) is 0 Å². The first-order chi connectivity index (χ1) is 6.75. The number of hydrogen-bond donors (Lipinski definition) is 0. The van der Waals surface area contributed by atoms with E-state index < -0.39 is 0 Å². The third-order valence-electron chi connectivity index (χ3n) is 2.40. The van der Waals surface area contributed by atoms with E-state index in [2.05, 4.69) is 9.88 Å². The van der Waals surface area contributed by atoms with Gasteiger partial charge in [0.2, 0.25) is 0 Å². The number of ketones is 1. The second-order valence-corrected chi connectivity index (χ2v) is 3.75. The van der Waals surface area contributed by atoms with Crippen molar-refractivity contribution < 1.29 is 4.79 Å². The highest BCUT2D eigenvalue weighted by Crippen LogP contribution is 2.20. The molecule has 1 aromatic heterocycles. The smallest absolute Gasteiger partial charge is 0.136 e. The van der Waals surface area contributed by atoms with Gasteiger partial charge in [0, 0.05) is 37.8 Å². The van der Waals surface area contributed by atoms with Gasteiger partial charge in [-0.05, 0) is 12.1 Å². The van der Waals surface area contributed by atoms with Crippen molar-refractivity contribution in [1.29, 1.82) is 0 Å². The van der Waals surface area contributed by atoms with Crippen LogP contribution in [-0.4, -0.2) is 23.9 Å². The molecule has 0 aliphatic carbocycles. The molecule has 1 aromatic rings. The van der Waals surface area contributed by atoms with Gasteiger partial charge in [0.15, 0.2) is 0 Å². The lowest BCUT2D eigenvalue weighted by Crippen LogP contribution is -2.33. The Kier molecular flexibility index (Phi) is 2.68. The van der Waals surface area contributed by atoms with Gasteiger partial charge in [-0.2, -0.15) is 0 Å². The minimum atomic E-state index is 0.349. The lowest BCUT2D eigenvalue weighted by molar-refractivity contribution is -0.119. The topological polar surface area (TPSA) is 33.2 Å². The Balaban J connectivity index is 2.12. The van der Waals surface area contributed by atoms with Crippen molar-refractivity contribution in [2.24, 2.45) is 0 Å². The van der Waals surface area contributed by atoms with Gasteiger partial charge >= 0.3 is 0 Å². The Hall–Kier alpha value is -1.09. The fourth-order valence-electron chi connectivity index (χ4n) is 1.60. The summed E-state index contributed by atoms with van der Waals surface area (Å²) in [6.07, 6.45) is 2.97. The third-order valence-corrected chi connectivity index (χ3v) is 2.60. The van der Waals surface area contributed by atoms with Crippen LogP contribution < -0.4 is 4.90 Å². The normalized spacial score (nSPS) is 17.2. The minimum Gasteiger partial charge on any atom is -0.371 e. The standard InChI is InChI=1S/C10H11ClN2O/c11-10-7-8(1-4-12-10)13-5-2-9(14)3-6-13/h1,4,7H,2-3,5-6H2. The van der Waals surface area contributed by atoms with Crippen LogP contribution in [0.15, 0.2) is 18.3 Å². The second kappa shape index (κ2) is 3.96. The van der Waals surface area contributed by atoms with Crippen LogP contribution in [0.2, 0.25) is 5.15 Å². The van der Waals surface area contributed by atoms with Crippen molar-refractivity contribution in [2.45, 2.75) is 12.8 Å². The molecule has 4 heteroatoms. The molecule has 1 aliphatic rings. The third kappa shape index (κ3) is 2.04. The van der Waals surface area contributed by atoms with Crippen LogP contribution in [0.1, 0.15) is 12.8 Å². The van der Waals surface area contributed by atoms with Crippen LogP contribution in [0.4, 0.5) is 5.69 Å². The zero-order valence-electron chi connectivity index (χ0n) is 7.74. The molecule has 0 amide bonds. The van der Waals surface area contributed by atoms with Crippen molar-refractivity contribution in [3.8, 4) is 0 Å². The molecular weight excluding hydrogens is 200 g/mol. The molecule has 0 N–H and O–H groups in total. The van der Waals surface area contributed by atoms with Crippen molar-refractivity contribution in [3.63, 3.8) is 0 Å². The average molecular weight is 211 g/mol. The molecule has 0 unspecified atom stereocenters. The van der Waals surface area contributed by atoms with Crippen LogP contribution in [0.25, 0.3) is 0 Å². The van der Waals surface area contributed by atoms with Crippen molar-refractivity contribution in [1.82, 2.24) is 4.98 Å². The fourth-order valence-corrected chi connectivity index (χ4v) is 1.77. The van der Waals surface area contributed by atoms with Gasteiger partial charge < -0.3 is 4.90 Å². The Morgan fingerprint density at radius 3 is 2.71 bits per heavy atom. The van der Waals surface area contributed by atoms with E-state index in [4.69, 9.17) is 11.6 Å². The number of hydrogen-bond acceptors (Lipinski definition) is 3. The molecule has 14 heavy (non-hydrogen) atoms. The molecule has 0 saturated carbocycles. The maximum Gasteiger partial charge on any atom is 0.136 e. The number of halogens is 1. The predicted octanol–water partition coefficient (Wildman–Crippen LogP) is 1.90. The number of rotatable bonds is 1. The SMILES string of the molecule is O=C1CCN(c2ccnc(Cl)c2)CC1. The Morgan fingerprint density at radius 1 is 1.36 bits per heavy atom. The van der Waals surface area contributed by atoms with E-state index in [1.54, 1.807) is 6.20 Å². The zero-order valence-corrected chi connectivity index (χ0v) is 8.50. The molecule has 1 aliphatic heterocycles. The summed E-state index contributed by atoms with van der Waals surface area (Å²) in [6, 6.07) is 3.75. The van der Waals surface area contributed by atoms with Crippen molar-refractivity contribution >= 4 is 23.1 Å². The van der Waals surface area contributed by atoms with Gasteiger partial charge in [-0.3, -0.25) is 4.79 Å². The molecule has 1 saturated heterocycles. The van der Waals surface area contributed by atoms with Crippen molar-refractivity contribution in [2.75, 3.05) is 18.0 Å². The summed E-state index contributed by atoms with van der Waals surface area (Å²) in [5.41, 5.74) is 1.05. The number of anilines is 1. The molecule has 0 radical (unpaired) electrons. The molecule has 1 fully saturated rings. The first-order valence-electron chi connectivity index (χ1n) is 4.64. The molecule has 0 atom stereocenters. The maximum absolute atomic E-state index is 11.0. The first kappa shape index (κ1) is 9.46. The number of piperidine rings is 1. The number of aromatic nitrogens is 1.